The number of hydrogen-bond acceptors (Lipinski definition) is 6. The Morgan fingerprint density at radius 3 is 1.76 bits per heavy atom. The van der Waals surface area contributed by atoms with Crippen LogP contribution in [0.25, 0.3) is 0 Å². The molecule has 0 bridgehead atoms. The summed E-state index contributed by atoms with van der Waals surface area (Å²) in [5.74, 6) is -0.368. The van der Waals surface area contributed by atoms with Gasteiger partial charge >= 0.3 is 5.97 Å². The second-order valence-electron chi connectivity index (χ2n) is 13.6. The molecule has 6 nitrogen and oxygen atoms in total. The average molecular weight is 668 g/mol. The van der Waals surface area contributed by atoms with Crippen molar-refractivity contribution in [3.8, 4) is 0 Å². The number of halogens is 1. The Hall–Kier alpha value is -2.55. The molecular formula is C38H50ClNO5S. The van der Waals surface area contributed by atoms with E-state index in [1.165, 1.54) is 0 Å². The van der Waals surface area contributed by atoms with Crippen LogP contribution in [0.3, 0.4) is 0 Å². The summed E-state index contributed by atoms with van der Waals surface area (Å²) >= 11 is 7.50. The summed E-state index contributed by atoms with van der Waals surface area (Å²) < 4.78 is 31.8. The summed E-state index contributed by atoms with van der Waals surface area (Å²) in [5, 5.41) is 0. The summed E-state index contributed by atoms with van der Waals surface area (Å²) in [7, 11) is -1.62. The lowest BCUT2D eigenvalue weighted by atomic mass is 9.50. The van der Waals surface area contributed by atoms with Crippen molar-refractivity contribution in [2.45, 2.75) is 88.7 Å². The monoisotopic (exact) mass is 667 g/mol. The normalized spacial score (nSPS) is 17.6. The highest BCUT2D eigenvalue weighted by Gasteiger charge is 2.66. The minimum absolute atomic E-state index is 0.368. The lowest BCUT2D eigenvalue weighted by Gasteiger charge is -2.61. The number of hydrogen-bond donors (Lipinski definition) is 0. The van der Waals surface area contributed by atoms with Crippen molar-refractivity contribution >= 4 is 28.4 Å². The third-order valence-corrected chi connectivity index (χ3v) is 11.0. The van der Waals surface area contributed by atoms with Crippen molar-refractivity contribution in [1.82, 2.24) is 4.90 Å². The number of carbonyl (C=O) groups excluding carboxylic acids is 1. The SMILES string of the molecule is CCOCC1(COCC)CC(C(C(=O)OC(C)(C)C)N(Cc2ccccc2)Cc2ccccc2)(C(Cl)S(=O)c2ccc(C)cc2)C1. The summed E-state index contributed by atoms with van der Waals surface area (Å²) in [6.45, 7) is 14.6. The average Bonchev–Trinajstić information content (AvgIpc) is 3.01. The predicted molar refractivity (Wildman–Crippen MR) is 186 cm³/mol. The van der Waals surface area contributed by atoms with Crippen LogP contribution in [-0.2, 0) is 42.9 Å². The van der Waals surface area contributed by atoms with Crippen molar-refractivity contribution in [1.29, 1.82) is 0 Å². The minimum atomic E-state index is -1.62. The second-order valence-corrected chi connectivity index (χ2v) is 15.8. The van der Waals surface area contributed by atoms with Crippen molar-refractivity contribution in [3.63, 3.8) is 0 Å². The van der Waals surface area contributed by atoms with Crippen LogP contribution in [-0.4, -0.2) is 57.9 Å². The molecule has 3 atom stereocenters. The second kappa shape index (κ2) is 16.0. The highest BCUT2D eigenvalue weighted by atomic mass is 35.5. The van der Waals surface area contributed by atoms with E-state index < -0.39 is 32.6 Å². The smallest absolute Gasteiger partial charge is 0.324 e. The Balaban J connectivity index is 1.89. The molecule has 0 heterocycles. The fourth-order valence-electron chi connectivity index (χ4n) is 6.69. The van der Waals surface area contributed by atoms with Crippen LogP contribution >= 0.6 is 11.6 Å². The highest BCUT2D eigenvalue weighted by Crippen LogP contribution is 2.62. The molecule has 0 saturated heterocycles. The fourth-order valence-corrected chi connectivity index (χ4v) is 8.64. The lowest BCUT2D eigenvalue weighted by molar-refractivity contribution is -0.190. The molecule has 1 aliphatic carbocycles. The van der Waals surface area contributed by atoms with Gasteiger partial charge in [-0.25, -0.2) is 0 Å². The zero-order valence-electron chi connectivity index (χ0n) is 28.2. The van der Waals surface area contributed by atoms with Gasteiger partial charge in [0.05, 0.1) is 24.0 Å². The maximum atomic E-state index is 14.7. The van der Waals surface area contributed by atoms with E-state index in [1.807, 2.05) is 102 Å². The number of benzene rings is 3. The van der Waals surface area contributed by atoms with Gasteiger partial charge < -0.3 is 14.2 Å². The molecule has 4 rings (SSSR count). The number of alkyl halides is 1. The van der Waals surface area contributed by atoms with Gasteiger partial charge in [-0.05, 0) is 77.6 Å². The molecule has 0 N–H and O–H groups in total. The van der Waals surface area contributed by atoms with Crippen molar-refractivity contribution in [2.24, 2.45) is 10.8 Å². The summed E-state index contributed by atoms with van der Waals surface area (Å²) in [4.78, 5) is 17.5. The number of carbonyl (C=O) groups is 1. The fraction of sp³-hybridized carbons (Fsp3) is 0.500. The molecule has 3 aromatic carbocycles. The molecule has 0 radical (unpaired) electrons. The molecule has 1 aliphatic rings. The van der Waals surface area contributed by atoms with Crippen LogP contribution in [0, 0.1) is 17.8 Å². The third-order valence-electron chi connectivity index (χ3n) is 8.52. The van der Waals surface area contributed by atoms with Gasteiger partial charge in [0.25, 0.3) is 0 Å². The van der Waals surface area contributed by atoms with Gasteiger partial charge in [-0.2, -0.15) is 0 Å². The van der Waals surface area contributed by atoms with E-state index in [9.17, 15) is 9.00 Å². The van der Waals surface area contributed by atoms with Gasteiger partial charge in [0.1, 0.15) is 16.4 Å². The molecular weight excluding hydrogens is 618 g/mol. The van der Waals surface area contributed by atoms with Crippen LogP contribution in [0.2, 0.25) is 0 Å². The topological polar surface area (TPSA) is 65.1 Å². The van der Waals surface area contributed by atoms with E-state index in [0.29, 0.717) is 57.3 Å². The molecule has 0 aromatic heterocycles. The van der Waals surface area contributed by atoms with Gasteiger partial charge in [-0.1, -0.05) is 78.4 Å². The highest BCUT2D eigenvalue weighted by molar-refractivity contribution is 7.87. The zero-order valence-corrected chi connectivity index (χ0v) is 29.7. The van der Waals surface area contributed by atoms with E-state index in [-0.39, 0.29) is 11.4 Å². The van der Waals surface area contributed by atoms with Crippen LogP contribution in [0.1, 0.15) is 64.2 Å². The van der Waals surface area contributed by atoms with E-state index in [0.717, 1.165) is 16.7 Å². The Labute approximate surface area is 283 Å². The van der Waals surface area contributed by atoms with Crippen LogP contribution in [0.5, 0.6) is 0 Å². The van der Waals surface area contributed by atoms with Gasteiger partial charge in [0.2, 0.25) is 0 Å². The van der Waals surface area contributed by atoms with E-state index in [2.05, 4.69) is 29.2 Å². The van der Waals surface area contributed by atoms with E-state index in [1.54, 1.807) is 0 Å². The van der Waals surface area contributed by atoms with Crippen molar-refractivity contribution in [3.05, 3.63) is 102 Å². The number of aryl methyl sites for hydroxylation is 1. The molecule has 1 saturated carbocycles. The Kier molecular flexibility index (Phi) is 12.6. The first-order chi connectivity index (χ1) is 21.9. The molecule has 3 unspecified atom stereocenters. The Morgan fingerprint density at radius 2 is 1.33 bits per heavy atom. The van der Waals surface area contributed by atoms with Gasteiger partial charge in [-0.15, -0.1) is 11.6 Å². The third kappa shape index (κ3) is 9.07. The van der Waals surface area contributed by atoms with Crippen molar-refractivity contribution in [2.75, 3.05) is 26.4 Å². The minimum Gasteiger partial charge on any atom is -0.459 e. The molecule has 46 heavy (non-hydrogen) atoms. The Bertz CT molecular complexity index is 1350. The first-order valence-corrected chi connectivity index (χ1v) is 17.9. The molecule has 0 aliphatic heterocycles. The molecule has 8 heteroatoms. The van der Waals surface area contributed by atoms with Crippen LogP contribution in [0.15, 0.2) is 89.8 Å². The summed E-state index contributed by atoms with van der Waals surface area (Å²) in [6, 6.07) is 27.1. The maximum absolute atomic E-state index is 14.7. The molecule has 250 valence electrons. The predicted octanol–water partition coefficient (Wildman–Crippen LogP) is 7.92. The lowest BCUT2D eigenvalue weighted by Crippen LogP contribution is -2.67. The van der Waals surface area contributed by atoms with Crippen LogP contribution < -0.4 is 0 Å². The van der Waals surface area contributed by atoms with E-state index in [4.69, 9.17) is 25.8 Å². The first kappa shape index (κ1) is 36.3. The van der Waals surface area contributed by atoms with Gasteiger partial charge in [0.15, 0.2) is 0 Å². The first-order valence-electron chi connectivity index (χ1n) is 16.2. The zero-order chi connectivity index (χ0) is 33.4. The number of esters is 1. The summed E-state index contributed by atoms with van der Waals surface area (Å²) in [6.07, 6.45) is 0.992. The van der Waals surface area contributed by atoms with E-state index >= 15 is 0 Å². The summed E-state index contributed by atoms with van der Waals surface area (Å²) in [5.41, 5.74) is 1.14. The van der Waals surface area contributed by atoms with Gasteiger partial charge in [0, 0.05) is 42.0 Å². The quantitative estimate of drug-likeness (QED) is 0.114. The molecule has 0 spiro atoms. The molecule has 1 fully saturated rings. The van der Waals surface area contributed by atoms with Crippen molar-refractivity contribution < 1.29 is 23.2 Å². The number of rotatable bonds is 16. The largest absolute Gasteiger partial charge is 0.459 e. The molecule has 0 amide bonds. The maximum Gasteiger partial charge on any atom is 0.324 e. The number of ether oxygens (including phenoxy) is 3. The molecule has 3 aromatic rings. The standard InChI is InChI=1S/C38H50ClNO5S/c1-7-43-27-37(28-44-8-2)25-38(26-37,35(39)46(42)32-21-19-29(3)20-22-32)33(34(41)45-36(4,5)6)40(23-30-15-11-9-12-16-30)24-31-17-13-10-14-18-31/h9-22,33,35H,7-8,23-28H2,1-6H3. The van der Waals surface area contributed by atoms with Gasteiger partial charge in [-0.3, -0.25) is 13.9 Å². The van der Waals surface area contributed by atoms with Crippen LogP contribution in [0.4, 0.5) is 0 Å². The Morgan fingerprint density at radius 1 is 0.848 bits per heavy atom. The number of nitrogens with zero attached hydrogens (tertiary/aromatic N) is 1.